The fourth-order valence-electron chi connectivity index (χ4n) is 2.48. The second-order valence-corrected chi connectivity index (χ2v) is 6.94. The SMILES string of the molecule is CC1(C)C(NC(=O)c2sccc2C#CCN)C1(C)C. The average molecular weight is 276 g/mol. The second-order valence-electron chi connectivity index (χ2n) is 6.02. The first-order chi connectivity index (χ1) is 8.82. The maximum Gasteiger partial charge on any atom is 0.262 e. The number of amides is 1. The number of rotatable bonds is 2. The molecule has 1 heterocycles. The summed E-state index contributed by atoms with van der Waals surface area (Å²) in [6.45, 7) is 9.03. The molecule has 0 saturated heterocycles. The van der Waals surface area contributed by atoms with Gasteiger partial charge in [-0.15, -0.1) is 11.3 Å². The van der Waals surface area contributed by atoms with E-state index in [0.717, 1.165) is 5.56 Å². The number of carbonyl (C=O) groups is 1. The van der Waals surface area contributed by atoms with Gasteiger partial charge in [0.05, 0.1) is 6.54 Å². The predicted octanol–water partition coefficient (Wildman–Crippen LogP) is 2.22. The zero-order valence-corrected chi connectivity index (χ0v) is 12.6. The first-order valence-corrected chi connectivity index (χ1v) is 7.27. The minimum atomic E-state index is -0.0278. The van der Waals surface area contributed by atoms with E-state index in [1.807, 2.05) is 11.4 Å². The van der Waals surface area contributed by atoms with E-state index in [0.29, 0.717) is 11.4 Å². The maximum absolute atomic E-state index is 12.3. The van der Waals surface area contributed by atoms with Crippen LogP contribution in [0.1, 0.15) is 42.9 Å². The quantitative estimate of drug-likeness (QED) is 0.814. The molecule has 1 aromatic heterocycles. The summed E-state index contributed by atoms with van der Waals surface area (Å²) in [5.41, 5.74) is 6.41. The summed E-state index contributed by atoms with van der Waals surface area (Å²) >= 11 is 1.42. The third kappa shape index (κ3) is 2.29. The van der Waals surface area contributed by atoms with Gasteiger partial charge in [-0.05, 0) is 22.3 Å². The monoisotopic (exact) mass is 276 g/mol. The Kier molecular flexibility index (Phi) is 3.46. The molecule has 0 aromatic carbocycles. The minimum Gasteiger partial charge on any atom is -0.347 e. The van der Waals surface area contributed by atoms with Crippen molar-refractivity contribution in [1.29, 1.82) is 0 Å². The molecule has 0 atom stereocenters. The lowest BCUT2D eigenvalue weighted by Crippen LogP contribution is -2.29. The lowest BCUT2D eigenvalue weighted by molar-refractivity contribution is 0.0947. The Morgan fingerprint density at radius 3 is 2.58 bits per heavy atom. The highest BCUT2D eigenvalue weighted by Crippen LogP contribution is 2.62. The molecule has 3 N–H and O–H groups in total. The van der Waals surface area contributed by atoms with Crippen molar-refractivity contribution in [1.82, 2.24) is 5.32 Å². The van der Waals surface area contributed by atoms with Crippen molar-refractivity contribution in [2.75, 3.05) is 6.54 Å². The van der Waals surface area contributed by atoms with E-state index in [2.05, 4.69) is 44.9 Å². The van der Waals surface area contributed by atoms with Gasteiger partial charge in [-0.2, -0.15) is 0 Å². The Morgan fingerprint density at radius 2 is 2.05 bits per heavy atom. The van der Waals surface area contributed by atoms with Crippen LogP contribution >= 0.6 is 11.3 Å². The molecule has 1 aliphatic carbocycles. The van der Waals surface area contributed by atoms with Gasteiger partial charge in [0.2, 0.25) is 0 Å². The molecule has 0 unspecified atom stereocenters. The van der Waals surface area contributed by atoms with Gasteiger partial charge in [0, 0.05) is 11.6 Å². The van der Waals surface area contributed by atoms with Crippen LogP contribution in [-0.4, -0.2) is 18.5 Å². The first-order valence-electron chi connectivity index (χ1n) is 6.39. The summed E-state index contributed by atoms with van der Waals surface area (Å²) in [6.07, 6.45) is 0. The number of hydrogen-bond donors (Lipinski definition) is 2. The molecule has 1 aliphatic rings. The van der Waals surface area contributed by atoms with E-state index in [4.69, 9.17) is 5.73 Å². The summed E-state index contributed by atoms with van der Waals surface area (Å²) in [7, 11) is 0. The topological polar surface area (TPSA) is 55.1 Å². The van der Waals surface area contributed by atoms with Crippen LogP contribution < -0.4 is 11.1 Å². The molecule has 4 heteroatoms. The number of thiophene rings is 1. The van der Waals surface area contributed by atoms with E-state index in [1.165, 1.54) is 11.3 Å². The average Bonchev–Trinajstić information content (AvgIpc) is 2.75. The van der Waals surface area contributed by atoms with Gasteiger partial charge >= 0.3 is 0 Å². The largest absolute Gasteiger partial charge is 0.347 e. The molecule has 1 fully saturated rings. The smallest absolute Gasteiger partial charge is 0.262 e. The highest BCUT2D eigenvalue weighted by Gasteiger charge is 2.65. The summed E-state index contributed by atoms with van der Waals surface area (Å²) in [5.74, 6) is 5.71. The minimum absolute atomic E-state index is 0.0278. The Bertz CT molecular complexity index is 546. The Hall–Kier alpha value is -1.31. The lowest BCUT2D eigenvalue weighted by atomic mass is 10.0. The molecular formula is C15H20N2OS. The van der Waals surface area contributed by atoms with E-state index in [-0.39, 0.29) is 22.8 Å². The Morgan fingerprint density at radius 1 is 1.42 bits per heavy atom. The molecule has 1 saturated carbocycles. The van der Waals surface area contributed by atoms with Gasteiger partial charge in [-0.25, -0.2) is 0 Å². The highest BCUT2D eigenvalue weighted by molar-refractivity contribution is 7.12. The third-order valence-electron chi connectivity index (χ3n) is 4.49. The maximum atomic E-state index is 12.3. The van der Waals surface area contributed by atoms with Crippen LogP contribution in [0, 0.1) is 22.7 Å². The van der Waals surface area contributed by atoms with Crippen LogP contribution in [-0.2, 0) is 0 Å². The molecule has 3 nitrogen and oxygen atoms in total. The van der Waals surface area contributed by atoms with Crippen molar-refractivity contribution in [2.45, 2.75) is 33.7 Å². The van der Waals surface area contributed by atoms with E-state index >= 15 is 0 Å². The molecule has 19 heavy (non-hydrogen) atoms. The van der Waals surface area contributed by atoms with Crippen molar-refractivity contribution >= 4 is 17.2 Å². The van der Waals surface area contributed by atoms with E-state index in [1.54, 1.807) is 0 Å². The van der Waals surface area contributed by atoms with Crippen molar-refractivity contribution < 1.29 is 4.79 Å². The van der Waals surface area contributed by atoms with Gasteiger partial charge in [0.15, 0.2) is 0 Å². The number of carbonyl (C=O) groups excluding carboxylic acids is 1. The normalized spacial score (nSPS) is 19.4. The fourth-order valence-corrected chi connectivity index (χ4v) is 3.24. The van der Waals surface area contributed by atoms with Crippen molar-refractivity contribution in [3.8, 4) is 11.8 Å². The van der Waals surface area contributed by atoms with Crippen molar-refractivity contribution in [3.05, 3.63) is 21.9 Å². The summed E-state index contributed by atoms with van der Waals surface area (Å²) in [4.78, 5) is 13.0. The van der Waals surface area contributed by atoms with E-state index in [9.17, 15) is 4.79 Å². The zero-order valence-electron chi connectivity index (χ0n) is 11.8. The first kappa shape index (κ1) is 14.1. The molecule has 0 radical (unpaired) electrons. The Labute approximate surface area is 118 Å². The van der Waals surface area contributed by atoms with Crippen LogP contribution in [0.3, 0.4) is 0 Å². The lowest BCUT2D eigenvalue weighted by Gasteiger charge is -2.05. The van der Waals surface area contributed by atoms with Crippen molar-refractivity contribution in [2.24, 2.45) is 16.6 Å². The van der Waals surface area contributed by atoms with Gasteiger partial charge in [-0.3, -0.25) is 4.79 Å². The van der Waals surface area contributed by atoms with E-state index < -0.39 is 0 Å². The van der Waals surface area contributed by atoms with Crippen LogP contribution in [0.25, 0.3) is 0 Å². The summed E-state index contributed by atoms with van der Waals surface area (Å²) < 4.78 is 0. The van der Waals surface area contributed by atoms with Gasteiger partial charge in [0.25, 0.3) is 5.91 Å². The molecule has 0 bridgehead atoms. The van der Waals surface area contributed by atoms with Gasteiger partial charge in [0.1, 0.15) is 4.88 Å². The number of nitrogens with one attached hydrogen (secondary N) is 1. The molecule has 0 spiro atoms. The van der Waals surface area contributed by atoms with Gasteiger partial charge < -0.3 is 11.1 Å². The third-order valence-corrected chi connectivity index (χ3v) is 5.41. The predicted molar refractivity (Wildman–Crippen MR) is 79.1 cm³/mol. The molecule has 102 valence electrons. The number of nitrogens with two attached hydrogens (primary N) is 1. The Balaban J connectivity index is 2.13. The van der Waals surface area contributed by atoms with Crippen molar-refractivity contribution in [3.63, 3.8) is 0 Å². The van der Waals surface area contributed by atoms with Crippen LogP contribution in [0.5, 0.6) is 0 Å². The van der Waals surface area contributed by atoms with Gasteiger partial charge in [-0.1, -0.05) is 39.5 Å². The standard InChI is InChI=1S/C15H20N2OS/c1-14(2)13(15(14,3)4)17-12(18)11-10(6-5-8-16)7-9-19-11/h7,9,13H,8,16H2,1-4H3,(H,17,18). The molecule has 0 aliphatic heterocycles. The second kappa shape index (κ2) is 4.66. The summed E-state index contributed by atoms with van der Waals surface area (Å²) in [6, 6.07) is 2.08. The molecule has 2 rings (SSSR count). The zero-order chi connectivity index (χ0) is 14.3. The van der Waals surface area contributed by atoms with Crippen LogP contribution in [0.2, 0.25) is 0 Å². The molecular weight excluding hydrogens is 256 g/mol. The van der Waals surface area contributed by atoms with Crippen LogP contribution in [0.4, 0.5) is 0 Å². The number of hydrogen-bond acceptors (Lipinski definition) is 3. The molecule has 1 aromatic rings. The highest BCUT2D eigenvalue weighted by atomic mass is 32.1. The van der Waals surface area contributed by atoms with Crippen LogP contribution in [0.15, 0.2) is 11.4 Å². The molecule has 1 amide bonds. The summed E-state index contributed by atoms with van der Waals surface area (Å²) in [5, 5.41) is 5.01. The fraction of sp³-hybridized carbons (Fsp3) is 0.533.